The molecule has 0 radical (unpaired) electrons. The second kappa shape index (κ2) is 6.24. The van der Waals surface area contributed by atoms with Crippen LogP contribution in [0.3, 0.4) is 0 Å². The zero-order valence-corrected chi connectivity index (χ0v) is 13.3. The van der Waals surface area contributed by atoms with Crippen molar-refractivity contribution < 1.29 is 14.3 Å². The highest BCUT2D eigenvalue weighted by Gasteiger charge is 2.30. The minimum atomic E-state index is -0.470. The number of carbonyl (C=O) groups excluding carboxylic acids is 2. The lowest BCUT2D eigenvalue weighted by Crippen LogP contribution is -2.38. The van der Waals surface area contributed by atoms with E-state index in [-0.39, 0.29) is 18.6 Å². The second-order valence-corrected chi connectivity index (χ2v) is 5.89. The fourth-order valence-corrected chi connectivity index (χ4v) is 3.00. The van der Waals surface area contributed by atoms with Crippen LogP contribution in [0.4, 0.5) is 5.69 Å². The molecular weight excluding hydrogens is 290 g/mol. The van der Waals surface area contributed by atoms with E-state index in [4.69, 9.17) is 4.74 Å². The molecule has 0 bridgehead atoms. The average molecular weight is 309 g/mol. The normalized spacial score (nSPS) is 16.1. The number of nitrogens with zero attached hydrogens (tertiary/aromatic N) is 1. The maximum atomic E-state index is 12.5. The van der Waals surface area contributed by atoms with Crippen LogP contribution in [0, 0.1) is 6.92 Å². The van der Waals surface area contributed by atoms with E-state index in [0.717, 1.165) is 23.2 Å². The van der Waals surface area contributed by atoms with Crippen molar-refractivity contribution in [3.05, 3.63) is 65.2 Å². The van der Waals surface area contributed by atoms with E-state index >= 15 is 0 Å². The Morgan fingerprint density at radius 3 is 2.74 bits per heavy atom. The Balaban J connectivity index is 1.67. The summed E-state index contributed by atoms with van der Waals surface area (Å²) in [6, 6.07) is 15.1. The molecule has 0 aliphatic carbocycles. The molecule has 0 aromatic heterocycles. The molecule has 0 saturated heterocycles. The minimum absolute atomic E-state index is 0.0811. The number of carbonyl (C=O) groups is 2. The van der Waals surface area contributed by atoms with Gasteiger partial charge in [0.25, 0.3) is 5.91 Å². The van der Waals surface area contributed by atoms with Crippen molar-refractivity contribution in [3.63, 3.8) is 0 Å². The molecule has 2 aromatic carbocycles. The van der Waals surface area contributed by atoms with Gasteiger partial charge in [-0.2, -0.15) is 0 Å². The molecule has 0 saturated carbocycles. The molecule has 2 aromatic rings. The lowest BCUT2D eigenvalue weighted by atomic mass is 10.1. The molecule has 1 heterocycles. The summed E-state index contributed by atoms with van der Waals surface area (Å²) in [7, 11) is 0. The van der Waals surface area contributed by atoms with Crippen molar-refractivity contribution in [1.82, 2.24) is 0 Å². The van der Waals surface area contributed by atoms with E-state index in [1.807, 2.05) is 44.2 Å². The molecule has 23 heavy (non-hydrogen) atoms. The summed E-state index contributed by atoms with van der Waals surface area (Å²) in [6.07, 6.45) is 0.827. The number of anilines is 1. The van der Waals surface area contributed by atoms with Crippen LogP contribution in [0.1, 0.15) is 28.4 Å². The lowest BCUT2D eigenvalue weighted by Gasteiger charge is -2.22. The number of ether oxygens (including phenoxy) is 1. The topological polar surface area (TPSA) is 46.6 Å². The SMILES string of the molecule is Cc1cccc(C(=O)OCC(=O)N2c3ccccc3CC2C)c1. The van der Waals surface area contributed by atoms with Crippen LogP contribution in [0.5, 0.6) is 0 Å². The fraction of sp³-hybridized carbons (Fsp3) is 0.263. The van der Waals surface area contributed by atoms with Gasteiger partial charge in [0.15, 0.2) is 6.61 Å². The van der Waals surface area contributed by atoms with Gasteiger partial charge in [0.05, 0.1) is 5.56 Å². The van der Waals surface area contributed by atoms with Gasteiger partial charge >= 0.3 is 5.97 Å². The first kappa shape index (κ1) is 15.3. The van der Waals surface area contributed by atoms with Crippen LogP contribution in [0.15, 0.2) is 48.5 Å². The summed E-state index contributed by atoms with van der Waals surface area (Å²) in [6.45, 7) is 3.66. The van der Waals surface area contributed by atoms with Gasteiger partial charge in [0.1, 0.15) is 0 Å². The first-order chi connectivity index (χ1) is 11.1. The summed E-state index contributed by atoms with van der Waals surface area (Å²) in [5.74, 6) is -0.661. The maximum absolute atomic E-state index is 12.5. The van der Waals surface area contributed by atoms with Gasteiger partial charge in [0, 0.05) is 11.7 Å². The number of amides is 1. The second-order valence-electron chi connectivity index (χ2n) is 5.89. The predicted octanol–water partition coefficient (Wildman–Crippen LogP) is 3.13. The van der Waals surface area contributed by atoms with E-state index in [2.05, 4.69) is 0 Å². The minimum Gasteiger partial charge on any atom is -0.452 e. The molecule has 3 rings (SSSR count). The zero-order valence-electron chi connectivity index (χ0n) is 13.3. The molecule has 1 aliphatic heterocycles. The average Bonchev–Trinajstić information content (AvgIpc) is 2.88. The van der Waals surface area contributed by atoms with Crippen molar-refractivity contribution in [2.75, 3.05) is 11.5 Å². The first-order valence-electron chi connectivity index (χ1n) is 7.70. The quantitative estimate of drug-likeness (QED) is 0.818. The van der Waals surface area contributed by atoms with Crippen molar-refractivity contribution in [1.29, 1.82) is 0 Å². The smallest absolute Gasteiger partial charge is 0.338 e. The molecule has 0 fully saturated rings. The van der Waals surface area contributed by atoms with Crippen molar-refractivity contribution in [3.8, 4) is 0 Å². The predicted molar refractivity (Wildman–Crippen MR) is 88.6 cm³/mol. The van der Waals surface area contributed by atoms with Crippen LogP contribution in [-0.4, -0.2) is 24.5 Å². The highest BCUT2D eigenvalue weighted by atomic mass is 16.5. The molecule has 4 nitrogen and oxygen atoms in total. The van der Waals surface area contributed by atoms with Crippen LogP contribution < -0.4 is 4.90 Å². The Morgan fingerprint density at radius 1 is 1.17 bits per heavy atom. The van der Waals surface area contributed by atoms with E-state index in [9.17, 15) is 9.59 Å². The number of benzene rings is 2. The molecule has 1 unspecified atom stereocenters. The third-order valence-corrected chi connectivity index (χ3v) is 4.06. The Kier molecular flexibility index (Phi) is 4.15. The van der Waals surface area contributed by atoms with Crippen molar-refractivity contribution in [2.45, 2.75) is 26.3 Å². The summed E-state index contributed by atoms with van der Waals surface area (Å²) in [5, 5.41) is 0. The molecule has 1 amide bonds. The number of para-hydroxylation sites is 1. The Hall–Kier alpha value is -2.62. The number of hydrogen-bond acceptors (Lipinski definition) is 3. The first-order valence-corrected chi connectivity index (χ1v) is 7.70. The van der Waals surface area contributed by atoms with Crippen LogP contribution in [-0.2, 0) is 16.0 Å². The largest absolute Gasteiger partial charge is 0.452 e. The monoisotopic (exact) mass is 309 g/mol. The standard InChI is InChI=1S/C19H19NO3/c1-13-6-5-8-16(10-13)19(22)23-12-18(21)20-14(2)11-15-7-3-4-9-17(15)20/h3-10,14H,11-12H2,1-2H3. The van der Waals surface area contributed by atoms with E-state index in [1.165, 1.54) is 0 Å². The molecule has 4 heteroatoms. The fourth-order valence-electron chi connectivity index (χ4n) is 3.00. The van der Waals surface area contributed by atoms with Crippen molar-refractivity contribution in [2.24, 2.45) is 0 Å². The van der Waals surface area contributed by atoms with Gasteiger partial charge in [-0.25, -0.2) is 4.79 Å². The molecule has 1 atom stereocenters. The molecule has 0 spiro atoms. The van der Waals surface area contributed by atoms with Crippen LogP contribution >= 0.6 is 0 Å². The van der Waals surface area contributed by atoms with E-state index in [0.29, 0.717) is 5.56 Å². The summed E-state index contributed by atoms with van der Waals surface area (Å²) in [4.78, 5) is 26.2. The Labute approximate surface area is 135 Å². The zero-order chi connectivity index (χ0) is 16.4. The number of fused-ring (bicyclic) bond motifs is 1. The Bertz CT molecular complexity index is 754. The number of hydrogen-bond donors (Lipinski definition) is 0. The third-order valence-electron chi connectivity index (χ3n) is 4.06. The molecule has 0 N–H and O–H groups in total. The Morgan fingerprint density at radius 2 is 1.96 bits per heavy atom. The highest BCUT2D eigenvalue weighted by Crippen LogP contribution is 2.31. The number of aryl methyl sites for hydroxylation is 1. The van der Waals surface area contributed by atoms with E-state index < -0.39 is 5.97 Å². The van der Waals surface area contributed by atoms with Crippen molar-refractivity contribution >= 4 is 17.6 Å². The van der Waals surface area contributed by atoms with Gasteiger partial charge in [-0.05, 0) is 44.0 Å². The molecule has 1 aliphatic rings. The van der Waals surface area contributed by atoms with Crippen LogP contribution in [0.25, 0.3) is 0 Å². The number of rotatable bonds is 3. The number of esters is 1. The maximum Gasteiger partial charge on any atom is 0.338 e. The molecule has 118 valence electrons. The lowest BCUT2D eigenvalue weighted by molar-refractivity contribution is -0.122. The van der Waals surface area contributed by atoms with Gasteiger partial charge < -0.3 is 9.64 Å². The van der Waals surface area contributed by atoms with Gasteiger partial charge in [-0.15, -0.1) is 0 Å². The third kappa shape index (κ3) is 3.11. The van der Waals surface area contributed by atoms with E-state index in [1.54, 1.807) is 23.1 Å². The highest BCUT2D eigenvalue weighted by molar-refractivity contribution is 5.99. The summed E-state index contributed by atoms with van der Waals surface area (Å²) < 4.78 is 5.19. The summed E-state index contributed by atoms with van der Waals surface area (Å²) >= 11 is 0. The van der Waals surface area contributed by atoms with Crippen LogP contribution in [0.2, 0.25) is 0 Å². The van der Waals surface area contributed by atoms with Gasteiger partial charge in [0.2, 0.25) is 0 Å². The van der Waals surface area contributed by atoms with Gasteiger partial charge in [-0.1, -0.05) is 35.9 Å². The molecular formula is C19H19NO3. The van der Waals surface area contributed by atoms with Gasteiger partial charge in [-0.3, -0.25) is 4.79 Å². The summed E-state index contributed by atoms with van der Waals surface area (Å²) in [5.41, 5.74) is 3.51.